The molecule has 0 atom stereocenters. The summed E-state index contributed by atoms with van der Waals surface area (Å²) >= 11 is 0. The van der Waals surface area contributed by atoms with Crippen LogP contribution < -0.4 is 10.6 Å². The molecular weight excluding hydrogens is 254 g/mol. The maximum atomic E-state index is 11.0. The monoisotopic (exact) mass is 267 g/mol. The molecule has 0 fully saturated rings. The first-order valence-corrected chi connectivity index (χ1v) is 5.93. The molecule has 100 valence electrons. The van der Waals surface area contributed by atoms with Crippen molar-refractivity contribution in [1.82, 2.24) is 0 Å². The molecule has 0 heterocycles. The van der Waals surface area contributed by atoms with Gasteiger partial charge in [0.2, 0.25) is 0 Å². The van der Waals surface area contributed by atoms with Gasteiger partial charge >= 0.3 is 6.09 Å². The van der Waals surface area contributed by atoms with E-state index in [4.69, 9.17) is 5.26 Å². The molecule has 0 aliphatic heterocycles. The molecular formula is C15H13N3O2. The van der Waals surface area contributed by atoms with E-state index in [2.05, 4.69) is 21.4 Å². The second kappa shape index (κ2) is 6.25. The summed E-state index contributed by atoms with van der Waals surface area (Å²) in [5.74, 6) is 0. The van der Waals surface area contributed by atoms with Gasteiger partial charge in [-0.3, -0.25) is 5.32 Å². The standard InChI is InChI=1S/C15H13N3O2/c1-20-15(19)18-14-8-6-13(7-9-14)17-12-4-2-11(10-16)3-5-12/h2-9,17H,1H3,(H,18,19). The topological polar surface area (TPSA) is 74.2 Å². The predicted molar refractivity (Wildman–Crippen MR) is 76.9 cm³/mol. The molecule has 2 aromatic rings. The number of nitrogens with one attached hydrogen (secondary N) is 2. The third kappa shape index (κ3) is 3.50. The van der Waals surface area contributed by atoms with Gasteiger partial charge in [0.1, 0.15) is 0 Å². The zero-order valence-electron chi connectivity index (χ0n) is 10.9. The minimum Gasteiger partial charge on any atom is -0.453 e. The molecule has 2 aromatic carbocycles. The van der Waals surface area contributed by atoms with Crippen LogP contribution in [0.3, 0.4) is 0 Å². The summed E-state index contributed by atoms with van der Waals surface area (Å²) in [5, 5.41) is 14.5. The van der Waals surface area contributed by atoms with Gasteiger partial charge in [-0.25, -0.2) is 4.79 Å². The highest BCUT2D eigenvalue weighted by molar-refractivity contribution is 5.84. The molecule has 5 heteroatoms. The highest BCUT2D eigenvalue weighted by Gasteiger charge is 2.00. The zero-order valence-corrected chi connectivity index (χ0v) is 10.9. The van der Waals surface area contributed by atoms with Gasteiger partial charge in [0.15, 0.2) is 0 Å². The maximum Gasteiger partial charge on any atom is 0.411 e. The van der Waals surface area contributed by atoms with E-state index >= 15 is 0 Å². The van der Waals surface area contributed by atoms with Crippen LogP contribution in [-0.2, 0) is 4.74 Å². The van der Waals surface area contributed by atoms with Gasteiger partial charge in [0.25, 0.3) is 0 Å². The number of carbonyl (C=O) groups is 1. The molecule has 2 rings (SSSR count). The Kier molecular flexibility index (Phi) is 4.20. The number of benzene rings is 2. The van der Waals surface area contributed by atoms with Crippen molar-refractivity contribution >= 4 is 23.2 Å². The Hall–Kier alpha value is -3.00. The average molecular weight is 267 g/mol. The number of amides is 1. The van der Waals surface area contributed by atoms with Crippen molar-refractivity contribution in [1.29, 1.82) is 5.26 Å². The largest absolute Gasteiger partial charge is 0.453 e. The van der Waals surface area contributed by atoms with Crippen molar-refractivity contribution in [2.75, 3.05) is 17.7 Å². The number of methoxy groups -OCH3 is 1. The number of rotatable bonds is 3. The van der Waals surface area contributed by atoms with Crippen LogP contribution in [0, 0.1) is 11.3 Å². The number of nitrogens with zero attached hydrogens (tertiary/aromatic N) is 1. The molecule has 0 unspecified atom stereocenters. The number of hydrogen-bond acceptors (Lipinski definition) is 4. The van der Waals surface area contributed by atoms with Gasteiger partial charge in [0, 0.05) is 17.1 Å². The van der Waals surface area contributed by atoms with Gasteiger partial charge in [-0.05, 0) is 48.5 Å². The van der Waals surface area contributed by atoms with Crippen LogP contribution >= 0.6 is 0 Å². The molecule has 0 saturated carbocycles. The molecule has 0 spiro atoms. The van der Waals surface area contributed by atoms with Crippen molar-refractivity contribution < 1.29 is 9.53 Å². The van der Waals surface area contributed by atoms with Crippen molar-refractivity contribution in [2.45, 2.75) is 0 Å². The molecule has 0 saturated heterocycles. The summed E-state index contributed by atoms with van der Waals surface area (Å²) in [6.07, 6.45) is -0.502. The first kappa shape index (κ1) is 13.4. The lowest BCUT2D eigenvalue weighted by Gasteiger charge is -2.08. The minimum atomic E-state index is -0.502. The fraction of sp³-hybridized carbons (Fsp3) is 0.0667. The van der Waals surface area contributed by atoms with Crippen LogP contribution in [-0.4, -0.2) is 13.2 Å². The van der Waals surface area contributed by atoms with Crippen LogP contribution in [0.25, 0.3) is 0 Å². The summed E-state index contributed by atoms with van der Waals surface area (Å²) in [6, 6.07) is 16.4. The summed E-state index contributed by atoms with van der Waals surface area (Å²) in [7, 11) is 1.32. The molecule has 0 bridgehead atoms. The second-order valence-corrected chi connectivity index (χ2v) is 4.01. The third-order valence-electron chi connectivity index (χ3n) is 2.62. The highest BCUT2D eigenvalue weighted by Crippen LogP contribution is 2.19. The minimum absolute atomic E-state index is 0.502. The fourth-order valence-corrected chi connectivity index (χ4v) is 1.60. The smallest absolute Gasteiger partial charge is 0.411 e. The van der Waals surface area contributed by atoms with Crippen LogP contribution in [0.15, 0.2) is 48.5 Å². The normalized spacial score (nSPS) is 9.40. The molecule has 0 aliphatic carbocycles. The highest BCUT2D eigenvalue weighted by atomic mass is 16.5. The van der Waals surface area contributed by atoms with E-state index in [-0.39, 0.29) is 0 Å². The Bertz CT molecular complexity index is 628. The van der Waals surface area contributed by atoms with Crippen LogP contribution in [0.4, 0.5) is 21.9 Å². The summed E-state index contributed by atoms with van der Waals surface area (Å²) in [6.45, 7) is 0. The quantitative estimate of drug-likeness (QED) is 0.892. The van der Waals surface area contributed by atoms with Gasteiger partial charge < -0.3 is 10.1 Å². The van der Waals surface area contributed by atoms with E-state index in [9.17, 15) is 4.79 Å². The maximum absolute atomic E-state index is 11.0. The summed E-state index contributed by atoms with van der Waals surface area (Å²) in [5.41, 5.74) is 3.04. The molecule has 0 radical (unpaired) electrons. The van der Waals surface area contributed by atoms with Gasteiger partial charge in [-0.1, -0.05) is 0 Å². The zero-order chi connectivity index (χ0) is 14.4. The van der Waals surface area contributed by atoms with E-state index < -0.39 is 6.09 Å². The molecule has 2 N–H and O–H groups in total. The summed E-state index contributed by atoms with van der Waals surface area (Å²) in [4.78, 5) is 11.0. The van der Waals surface area contributed by atoms with Crippen molar-refractivity contribution in [3.63, 3.8) is 0 Å². The molecule has 0 aromatic heterocycles. The number of hydrogen-bond donors (Lipinski definition) is 2. The SMILES string of the molecule is COC(=O)Nc1ccc(Nc2ccc(C#N)cc2)cc1. The lowest BCUT2D eigenvalue weighted by atomic mass is 10.2. The first-order valence-electron chi connectivity index (χ1n) is 5.93. The number of nitriles is 1. The van der Waals surface area contributed by atoms with Crippen molar-refractivity contribution in [3.8, 4) is 6.07 Å². The molecule has 5 nitrogen and oxygen atoms in total. The van der Waals surface area contributed by atoms with E-state index in [1.165, 1.54) is 7.11 Å². The van der Waals surface area contributed by atoms with Crippen LogP contribution in [0.5, 0.6) is 0 Å². The lowest BCUT2D eigenvalue weighted by Crippen LogP contribution is -2.10. The van der Waals surface area contributed by atoms with Crippen molar-refractivity contribution in [3.05, 3.63) is 54.1 Å². The van der Waals surface area contributed by atoms with Gasteiger partial charge in [0.05, 0.1) is 18.7 Å². The number of ether oxygens (including phenoxy) is 1. The predicted octanol–water partition coefficient (Wildman–Crippen LogP) is 3.48. The van der Waals surface area contributed by atoms with Crippen molar-refractivity contribution in [2.24, 2.45) is 0 Å². The number of carbonyl (C=O) groups excluding carboxylic acids is 1. The van der Waals surface area contributed by atoms with E-state index in [1.54, 1.807) is 24.3 Å². The van der Waals surface area contributed by atoms with Crippen LogP contribution in [0.2, 0.25) is 0 Å². The number of anilines is 3. The average Bonchev–Trinajstić information content (AvgIpc) is 2.50. The Morgan fingerprint density at radius 3 is 2.00 bits per heavy atom. The first-order chi connectivity index (χ1) is 9.71. The second-order valence-electron chi connectivity index (χ2n) is 4.01. The molecule has 0 aliphatic rings. The Morgan fingerprint density at radius 1 is 1.00 bits per heavy atom. The Balaban J connectivity index is 2.03. The van der Waals surface area contributed by atoms with E-state index in [0.717, 1.165) is 11.4 Å². The van der Waals surface area contributed by atoms with Gasteiger partial charge in [-0.2, -0.15) is 5.26 Å². The molecule has 20 heavy (non-hydrogen) atoms. The Labute approximate surface area is 116 Å². The van der Waals surface area contributed by atoms with E-state index in [1.807, 2.05) is 24.3 Å². The fourth-order valence-electron chi connectivity index (χ4n) is 1.60. The lowest BCUT2D eigenvalue weighted by molar-refractivity contribution is 0.187. The van der Waals surface area contributed by atoms with E-state index in [0.29, 0.717) is 11.3 Å². The summed E-state index contributed by atoms with van der Waals surface area (Å²) < 4.78 is 4.51. The van der Waals surface area contributed by atoms with Gasteiger partial charge in [-0.15, -0.1) is 0 Å². The third-order valence-corrected chi connectivity index (χ3v) is 2.62. The Morgan fingerprint density at radius 2 is 1.50 bits per heavy atom. The molecule has 1 amide bonds. The van der Waals surface area contributed by atoms with Crippen LogP contribution in [0.1, 0.15) is 5.56 Å².